The van der Waals surface area contributed by atoms with E-state index in [1.54, 1.807) is 6.20 Å². The highest BCUT2D eigenvalue weighted by atomic mass is 16.1. The molecular weight excluding hydrogens is 224 g/mol. The zero-order valence-corrected chi connectivity index (χ0v) is 11.6. The summed E-state index contributed by atoms with van der Waals surface area (Å²) in [6.07, 6.45) is 4.80. The Balaban J connectivity index is 2.51. The Hall–Kier alpha value is -1.38. The van der Waals surface area contributed by atoms with Crippen molar-refractivity contribution < 1.29 is 4.79 Å². The minimum atomic E-state index is 0.128. The van der Waals surface area contributed by atoms with Gasteiger partial charge in [-0.3, -0.25) is 9.78 Å². The number of aromatic nitrogens is 1. The Labute approximate surface area is 110 Å². The third kappa shape index (κ3) is 4.47. The molecule has 1 aromatic rings. The molecule has 1 rings (SSSR count). The van der Waals surface area contributed by atoms with Crippen molar-refractivity contribution >= 4 is 5.91 Å². The van der Waals surface area contributed by atoms with E-state index < -0.39 is 0 Å². The van der Waals surface area contributed by atoms with Gasteiger partial charge in [-0.05, 0) is 24.5 Å². The van der Waals surface area contributed by atoms with Gasteiger partial charge in [-0.15, -0.1) is 0 Å². The Kier molecular flexibility index (Phi) is 6.40. The summed E-state index contributed by atoms with van der Waals surface area (Å²) in [6.45, 7) is 6.94. The molecule has 0 fully saturated rings. The Bertz CT molecular complexity index is 351. The Morgan fingerprint density at radius 2 is 2.17 bits per heavy atom. The zero-order valence-electron chi connectivity index (χ0n) is 11.6. The maximum atomic E-state index is 12.2. The van der Waals surface area contributed by atoms with E-state index in [0.29, 0.717) is 12.5 Å². The molecular formula is C15H24N2O. The highest BCUT2D eigenvalue weighted by molar-refractivity contribution is 5.78. The number of rotatable bonds is 7. The molecule has 0 bridgehead atoms. The first-order valence-electron chi connectivity index (χ1n) is 6.86. The average Bonchev–Trinajstić information content (AvgIpc) is 2.42. The predicted octanol–water partition coefficient (Wildman–Crippen LogP) is 3.16. The van der Waals surface area contributed by atoms with Crippen LogP contribution in [0.3, 0.4) is 0 Å². The smallest absolute Gasteiger partial charge is 0.223 e. The van der Waals surface area contributed by atoms with Gasteiger partial charge in [-0.1, -0.05) is 39.7 Å². The maximum Gasteiger partial charge on any atom is 0.223 e. The second-order valence-corrected chi connectivity index (χ2v) is 4.82. The molecule has 0 spiro atoms. The predicted molar refractivity (Wildman–Crippen MR) is 73.9 cm³/mol. The molecule has 0 saturated heterocycles. The normalized spacial score (nSPS) is 13.9. The van der Waals surface area contributed by atoms with Crippen LogP contribution in [0.5, 0.6) is 0 Å². The van der Waals surface area contributed by atoms with Gasteiger partial charge in [-0.25, -0.2) is 0 Å². The van der Waals surface area contributed by atoms with Crippen molar-refractivity contribution in [1.29, 1.82) is 0 Å². The molecule has 100 valence electrons. The molecule has 0 aliphatic rings. The lowest BCUT2D eigenvalue weighted by atomic mass is 9.87. The summed E-state index contributed by atoms with van der Waals surface area (Å²) in [7, 11) is 0. The standard InChI is InChI=1S/C15H24N2O/c1-4-8-14(12(3)5-2)15(18)17-11-13-9-6-7-10-16-13/h6-7,9-10,12,14H,4-5,8,11H2,1-3H3,(H,17,18). The second-order valence-electron chi connectivity index (χ2n) is 4.82. The molecule has 3 nitrogen and oxygen atoms in total. The molecule has 0 aliphatic heterocycles. The van der Waals surface area contributed by atoms with Gasteiger partial charge in [0.1, 0.15) is 0 Å². The van der Waals surface area contributed by atoms with Gasteiger partial charge < -0.3 is 5.32 Å². The van der Waals surface area contributed by atoms with Crippen molar-refractivity contribution in [2.24, 2.45) is 11.8 Å². The Morgan fingerprint density at radius 3 is 2.72 bits per heavy atom. The number of pyridine rings is 1. The Morgan fingerprint density at radius 1 is 1.39 bits per heavy atom. The first-order chi connectivity index (χ1) is 8.69. The van der Waals surface area contributed by atoms with Crippen LogP contribution in [-0.4, -0.2) is 10.9 Å². The molecule has 0 aliphatic carbocycles. The molecule has 1 aromatic heterocycles. The summed E-state index contributed by atoms with van der Waals surface area (Å²) in [6, 6.07) is 5.75. The topological polar surface area (TPSA) is 42.0 Å². The summed E-state index contributed by atoms with van der Waals surface area (Å²) >= 11 is 0. The second kappa shape index (κ2) is 7.85. The monoisotopic (exact) mass is 248 g/mol. The van der Waals surface area contributed by atoms with Crippen molar-refractivity contribution in [3.05, 3.63) is 30.1 Å². The van der Waals surface area contributed by atoms with Gasteiger partial charge in [0.05, 0.1) is 12.2 Å². The fraction of sp³-hybridized carbons (Fsp3) is 0.600. The number of amides is 1. The molecule has 1 amide bonds. The van der Waals surface area contributed by atoms with Crippen molar-refractivity contribution in [3.8, 4) is 0 Å². The molecule has 1 heterocycles. The highest BCUT2D eigenvalue weighted by Gasteiger charge is 2.22. The SMILES string of the molecule is CCCC(C(=O)NCc1ccccn1)C(C)CC. The first-order valence-corrected chi connectivity index (χ1v) is 6.86. The fourth-order valence-corrected chi connectivity index (χ4v) is 2.08. The van der Waals surface area contributed by atoms with Gasteiger partial charge in [0.2, 0.25) is 5.91 Å². The van der Waals surface area contributed by atoms with Crippen LogP contribution in [0.4, 0.5) is 0 Å². The van der Waals surface area contributed by atoms with Crippen LogP contribution >= 0.6 is 0 Å². The zero-order chi connectivity index (χ0) is 13.4. The van der Waals surface area contributed by atoms with Crippen LogP contribution in [0, 0.1) is 11.8 Å². The van der Waals surface area contributed by atoms with Crippen LogP contribution in [0.25, 0.3) is 0 Å². The third-order valence-corrected chi connectivity index (χ3v) is 3.44. The van der Waals surface area contributed by atoms with E-state index >= 15 is 0 Å². The summed E-state index contributed by atoms with van der Waals surface area (Å²) in [4.78, 5) is 16.4. The first kappa shape index (κ1) is 14.7. The lowest BCUT2D eigenvalue weighted by Gasteiger charge is -2.21. The summed E-state index contributed by atoms with van der Waals surface area (Å²) < 4.78 is 0. The molecule has 2 atom stereocenters. The number of hydrogen-bond acceptors (Lipinski definition) is 2. The van der Waals surface area contributed by atoms with E-state index in [2.05, 4.69) is 31.1 Å². The minimum absolute atomic E-state index is 0.128. The van der Waals surface area contributed by atoms with Crippen molar-refractivity contribution in [2.45, 2.75) is 46.6 Å². The molecule has 0 saturated carbocycles. The van der Waals surface area contributed by atoms with Gasteiger partial charge in [0.25, 0.3) is 0 Å². The number of carbonyl (C=O) groups excluding carboxylic acids is 1. The summed E-state index contributed by atoms with van der Waals surface area (Å²) in [5.41, 5.74) is 0.908. The molecule has 18 heavy (non-hydrogen) atoms. The van der Waals surface area contributed by atoms with Crippen LogP contribution in [0.1, 0.15) is 45.7 Å². The number of hydrogen-bond donors (Lipinski definition) is 1. The fourth-order valence-electron chi connectivity index (χ4n) is 2.08. The average molecular weight is 248 g/mol. The van der Waals surface area contributed by atoms with Crippen LogP contribution < -0.4 is 5.32 Å². The number of carbonyl (C=O) groups is 1. The van der Waals surface area contributed by atoms with E-state index in [1.165, 1.54) is 0 Å². The number of nitrogens with zero attached hydrogens (tertiary/aromatic N) is 1. The maximum absolute atomic E-state index is 12.2. The largest absolute Gasteiger partial charge is 0.350 e. The van der Waals surface area contributed by atoms with Crippen molar-refractivity contribution in [3.63, 3.8) is 0 Å². The minimum Gasteiger partial charge on any atom is -0.350 e. The lowest BCUT2D eigenvalue weighted by Crippen LogP contribution is -2.34. The van der Waals surface area contributed by atoms with Crippen molar-refractivity contribution in [1.82, 2.24) is 10.3 Å². The molecule has 3 heteroatoms. The molecule has 2 unspecified atom stereocenters. The number of nitrogens with one attached hydrogen (secondary N) is 1. The molecule has 0 aromatic carbocycles. The van der Waals surface area contributed by atoms with E-state index in [4.69, 9.17) is 0 Å². The van der Waals surface area contributed by atoms with E-state index in [1.807, 2.05) is 18.2 Å². The lowest BCUT2D eigenvalue weighted by molar-refractivity contribution is -0.127. The third-order valence-electron chi connectivity index (χ3n) is 3.44. The molecule has 0 radical (unpaired) electrons. The summed E-state index contributed by atoms with van der Waals surface area (Å²) in [5.74, 6) is 0.731. The van der Waals surface area contributed by atoms with E-state index in [0.717, 1.165) is 25.0 Å². The van der Waals surface area contributed by atoms with Crippen LogP contribution in [-0.2, 0) is 11.3 Å². The quantitative estimate of drug-likeness (QED) is 0.805. The van der Waals surface area contributed by atoms with Gasteiger partial charge >= 0.3 is 0 Å². The van der Waals surface area contributed by atoms with E-state index in [-0.39, 0.29) is 11.8 Å². The molecule has 1 N–H and O–H groups in total. The van der Waals surface area contributed by atoms with Gasteiger partial charge in [0.15, 0.2) is 0 Å². The van der Waals surface area contributed by atoms with E-state index in [9.17, 15) is 4.79 Å². The van der Waals surface area contributed by atoms with Gasteiger partial charge in [-0.2, -0.15) is 0 Å². The van der Waals surface area contributed by atoms with Crippen molar-refractivity contribution in [2.75, 3.05) is 0 Å². The van der Waals surface area contributed by atoms with Gasteiger partial charge in [0, 0.05) is 12.1 Å². The van der Waals surface area contributed by atoms with Crippen LogP contribution in [0.2, 0.25) is 0 Å². The summed E-state index contributed by atoms with van der Waals surface area (Å²) in [5, 5.41) is 3.00. The highest BCUT2D eigenvalue weighted by Crippen LogP contribution is 2.20. The van der Waals surface area contributed by atoms with Crippen LogP contribution in [0.15, 0.2) is 24.4 Å².